The van der Waals surface area contributed by atoms with Crippen molar-refractivity contribution in [3.8, 4) is 11.4 Å². The molecule has 3 heterocycles. The van der Waals surface area contributed by atoms with E-state index in [9.17, 15) is 33.4 Å². The van der Waals surface area contributed by atoms with Gasteiger partial charge in [-0.05, 0) is 30.3 Å². The van der Waals surface area contributed by atoms with Gasteiger partial charge < -0.3 is 9.26 Å². The summed E-state index contributed by atoms with van der Waals surface area (Å²) < 4.78 is 37.9. The number of nitrogens with zero attached hydrogens (tertiary/aromatic N) is 7. The number of ether oxygens (including phenoxy) is 1. The number of cyclic esters (lactones) is 1. The van der Waals surface area contributed by atoms with E-state index >= 15 is 0 Å². The van der Waals surface area contributed by atoms with Gasteiger partial charge in [0.1, 0.15) is 6.10 Å². The first-order chi connectivity index (χ1) is 19.0. The van der Waals surface area contributed by atoms with Crippen molar-refractivity contribution >= 4 is 33.2 Å². The number of aromatic nitrogens is 2. The number of carbonyl (C=O) groups excluding carboxylic acids is 1. The van der Waals surface area contributed by atoms with Gasteiger partial charge in [-0.2, -0.15) is 9.29 Å². The molecular formula is C23H23N7O9S. The molecule has 17 heteroatoms. The van der Waals surface area contributed by atoms with Gasteiger partial charge in [0.15, 0.2) is 4.90 Å². The van der Waals surface area contributed by atoms with Gasteiger partial charge in [-0.25, -0.2) is 13.2 Å². The van der Waals surface area contributed by atoms with Crippen LogP contribution < -0.4 is 4.90 Å². The van der Waals surface area contributed by atoms with Crippen molar-refractivity contribution in [1.82, 2.24) is 19.3 Å². The monoisotopic (exact) mass is 573 g/mol. The number of hydrogen-bond donors (Lipinski definition) is 0. The molecule has 0 bridgehead atoms. The van der Waals surface area contributed by atoms with E-state index in [-0.39, 0.29) is 13.1 Å². The number of carbonyl (C=O) groups is 1. The largest absolute Gasteiger partial charge is 0.443 e. The molecule has 2 fully saturated rings. The number of aryl methyl sites for hydroxylation is 1. The quantitative estimate of drug-likeness (QED) is 0.282. The molecule has 1 amide bonds. The van der Waals surface area contributed by atoms with Crippen LogP contribution in [0.1, 0.15) is 5.89 Å². The summed E-state index contributed by atoms with van der Waals surface area (Å²) in [4.78, 5) is 40.2. The highest BCUT2D eigenvalue weighted by atomic mass is 32.2. The molecule has 5 rings (SSSR count). The SMILES string of the molecule is Cc1nc(-c2ccc(N3CC(CN4CCN(S(=O)(=O)c5ccc([N+](=O)[O-])cc5[N+](=O)[O-])CC4)OC3=O)cc2)no1. The first kappa shape index (κ1) is 27.1. The Hall–Kier alpha value is -4.48. The van der Waals surface area contributed by atoms with Crippen molar-refractivity contribution < 1.29 is 32.3 Å². The summed E-state index contributed by atoms with van der Waals surface area (Å²) >= 11 is 0. The summed E-state index contributed by atoms with van der Waals surface area (Å²) in [5, 5.41) is 26.3. The van der Waals surface area contributed by atoms with Gasteiger partial charge in [0, 0.05) is 57.0 Å². The third-order valence-corrected chi connectivity index (χ3v) is 8.55. The predicted octanol–water partition coefficient (Wildman–Crippen LogP) is 2.19. The number of nitro benzene ring substituents is 2. The maximum Gasteiger partial charge on any atom is 0.414 e. The fourth-order valence-corrected chi connectivity index (χ4v) is 6.15. The van der Waals surface area contributed by atoms with Gasteiger partial charge >= 0.3 is 6.09 Å². The predicted molar refractivity (Wildman–Crippen MR) is 137 cm³/mol. The van der Waals surface area contributed by atoms with Crippen LogP contribution >= 0.6 is 0 Å². The summed E-state index contributed by atoms with van der Waals surface area (Å²) in [7, 11) is -4.27. The number of nitro groups is 2. The van der Waals surface area contributed by atoms with Gasteiger partial charge in [0.2, 0.25) is 21.7 Å². The summed E-state index contributed by atoms with van der Waals surface area (Å²) in [5.74, 6) is 0.881. The normalized spacial score (nSPS) is 18.6. The van der Waals surface area contributed by atoms with Crippen LogP contribution in [-0.2, 0) is 14.8 Å². The minimum atomic E-state index is -4.27. The molecule has 40 heavy (non-hydrogen) atoms. The van der Waals surface area contributed by atoms with E-state index in [1.807, 2.05) is 4.90 Å². The first-order valence-corrected chi connectivity index (χ1v) is 13.5. The smallest absolute Gasteiger partial charge is 0.414 e. The number of hydrogen-bond acceptors (Lipinski definition) is 12. The average molecular weight is 574 g/mol. The molecule has 1 unspecified atom stereocenters. The molecule has 0 spiro atoms. The number of rotatable bonds is 8. The maximum atomic E-state index is 13.1. The summed E-state index contributed by atoms with van der Waals surface area (Å²) in [6, 6.07) is 9.52. The van der Waals surface area contributed by atoms with Crippen molar-refractivity contribution in [1.29, 1.82) is 0 Å². The van der Waals surface area contributed by atoms with Crippen molar-refractivity contribution in [3.05, 3.63) is 68.6 Å². The Bertz CT molecular complexity index is 1570. The Kier molecular flexibility index (Phi) is 7.17. The zero-order valence-corrected chi connectivity index (χ0v) is 21.9. The molecule has 2 aliphatic heterocycles. The number of anilines is 1. The highest BCUT2D eigenvalue weighted by Gasteiger charge is 2.37. The molecule has 0 saturated carbocycles. The fourth-order valence-electron chi connectivity index (χ4n) is 4.59. The fraction of sp³-hybridized carbons (Fsp3) is 0.348. The number of benzene rings is 2. The van der Waals surface area contributed by atoms with Crippen molar-refractivity contribution in [2.75, 3.05) is 44.2 Å². The van der Waals surface area contributed by atoms with Crippen LogP contribution in [0.2, 0.25) is 0 Å². The maximum absolute atomic E-state index is 13.1. The lowest BCUT2D eigenvalue weighted by Gasteiger charge is -2.34. The van der Waals surface area contributed by atoms with Gasteiger partial charge in [-0.1, -0.05) is 5.16 Å². The lowest BCUT2D eigenvalue weighted by molar-refractivity contribution is -0.396. The van der Waals surface area contributed by atoms with Crippen LogP contribution in [0.25, 0.3) is 11.4 Å². The number of non-ortho nitro benzene ring substituents is 1. The second-order valence-electron chi connectivity index (χ2n) is 9.17. The van der Waals surface area contributed by atoms with E-state index in [0.717, 1.165) is 22.0 Å². The van der Waals surface area contributed by atoms with E-state index < -0.39 is 48.3 Å². The molecule has 210 valence electrons. The zero-order valence-electron chi connectivity index (χ0n) is 21.1. The van der Waals surface area contributed by atoms with Crippen LogP contribution in [0.15, 0.2) is 51.9 Å². The second kappa shape index (κ2) is 10.6. The Morgan fingerprint density at radius 2 is 1.73 bits per heavy atom. The van der Waals surface area contributed by atoms with E-state index in [0.29, 0.717) is 49.6 Å². The Morgan fingerprint density at radius 1 is 1.02 bits per heavy atom. The minimum absolute atomic E-state index is 0.0396. The molecule has 1 atom stereocenters. The number of sulfonamides is 1. The number of amides is 1. The molecular weight excluding hydrogens is 550 g/mol. The topological polar surface area (TPSA) is 195 Å². The molecule has 2 saturated heterocycles. The molecule has 1 aromatic heterocycles. The van der Waals surface area contributed by atoms with Gasteiger partial charge in [-0.15, -0.1) is 0 Å². The lowest BCUT2D eigenvalue weighted by atomic mass is 10.2. The Labute approximate surface area is 227 Å². The highest BCUT2D eigenvalue weighted by molar-refractivity contribution is 7.89. The second-order valence-corrected chi connectivity index (χ2v) is 11.1. The van der Waals surface area contributed by atoms with Crippen molar-refractivity contribution in [3.63, 3.8) is 0 Å². The summed E-state index contributed by atoms with van der Waals surface area (Å²) in [5.41, 5.74) is -0.0580. The zero-order chi connectivity index (χ0) is 28.6. The van der Waals surface area contributed by atoms with Gasteiger partial charge in [0.05, 0.1) is 22.5 Å². The van der Waals surface area contributed by atoms with Crippen molar-refractivity contribution in [2.24, 2.45) is 0 Å². The van der Waals surface area contributed by atoms with Crippen LogP contribution in [0.3, 0.4) is 0 Å². The highest BCUT2D eigenvalue weighted by Crippen LogP contribution is 2.31. The van der Waals surface area contributed by atoms with E-state index in [2.05, 4.69) is 10.1 Å². The Morgan fingerprint density at radius 3 is 2.33 bits per heavy atom. The van der Waals surface area contributed by atoms with E-state index in [1.54, 1.807) is 31.2 Å². The third kappa shape index (κ3) is 5.33. The van der Waals surface area contributed by atoms with Crippen LogP contribution in [0, 0.1) is 27.2 Å². The lowest BCUT2D eigenvalue weighted by Crippen LogP contribution is -2.50. The molecule has 0 aliphatic carbocycles. The number of piperazine rings is 1. The molecule has 2 aliphatic rings. The summed E-state index contributed by atoms with van der Waals surface area (Å²) in [6.45, 7) is 3.03. The van der Waals surface area contributed by atoms with Crippen LogP contribution in [0.5, 0.6) is 0 Å². The molecule has 2 aromatic carbocycles. The van der Waals surface area contributed by atoms with Gasteiger partial charge in [0.25, 0.3) is 11.4 Å². The summed E-state index contributed by atoms with van der Waals surface area (Å²) in [6.07, 6.45) is -0.953. The molecule has 0 radical (unpaired) electrons. The first-order valence-electron chi connectivity index (χ1n) is 12.1. The van der Waals surface area contributed by atoms with E-state index in [1.165, 1.54) is 4.90 Å². The van der Waals surface area contributed by atoms with Crippen LogP contribution in [-0.4, -0.2) is 89.1 Å². The standard InChI is InChI=1S/C23H23N7O9S/c1-15-24-22(25-39-15)16-2-4-17(5-3-16)28-14-19(38-23(28)31)13-26-8-10-27(11-9-26)40(36,37)21-7-6-18(29(32)33)12-20(21)30(34)35/h2-7,12,19H,8-11,13-14H2,1H3. The molecule has 16 nitrogen and oxygen atoms in total. The molecule has 0 N–H and O–H groups in total. The van der Waals surface area contributed by atoms with Crippen LogP contribution in [0.4, 0.5) is 21.9 Å². The van der Waals surface area contributed by atoms with Crippen molar-refractivity contribution in [2.45, 2.75) is 17.9 Å². The third-order valence-electron chi connectivity index (χ3n) is 6.60. The van der Waals surface area contributed by atoms with E-state index in [4.69, 9.17) is 9.26 Å². The molecule has 3 aromatic rings. The van der Waals surface area contributed by atoms with Gasteiger partial charge in [-0.3, -0.25) is 30.0 Å². The average Bonchev–Trinajstić information content (AvgIpc) is 3.53. The minimum Gasteiger partial charge on any atom is -0.443 e. The Balaban J connectivity index is 1.19.